The van der Waals surface area contributed by atoms with Gasteiger partial charge >= 0.3 is 5.97 Å². The summed E-state index contributed by atoms with van der Waals surface area (Å²) in [4.78, 5) is 11.5. The fraction of sp³-hybridized carbons (Fsp3) is 0.533. The zero-order valence-electron chi connectivity index (χ0n) is 13.6. The number of hydrogen-bond donors (Lipinski definition) is 1. The first-order valence-electron chi connectivity index (χ1n) is 7.52. The highest BCUT2D eigenvalue weighted by molar-refractivity contribution is 7.89. The summed E-state index contributed by atoms with van der Waals surface area (Å²) in [6.07, 6.45) is 1.31. The minimum atomic E-state index is -4.00. The zero-order valence-corrected chi connectivity index (χ0v) is 15.3. The van der Waals surface area contributed by atoms with Crippen LogP contribution in [-0.4, -0.2) is 51.5 Å². The normalized spacial score (nSPS) is 17.6. The minimum absolute atomic E-state index is 0. The second-order valence-corrected chi connectivity index (χ2v) is 7.25. The Morgan fingerprint density at radius 1 is 1.46 bits per heavy atom. The number of rotatable bonds is 6. The van der Waals surface area contributed by atoms with Gasteiger partial charge in [-0.05, 0) is 37.6 Å². The molecule has 0 radical (unpaired) electrons. The van der Waals surface area contributed by atoms with E-state index in [-0.39, 0.29) is 28.9 Å². The van der Waals surface area contributed by atoms with E-state index in [1.807, 2.05) is 6.92 Å². The van der Waals surface area contributed by atoms with Crippen molar-refractivity contribution in [2.24, 2.45) is 0 Å². The molecule has 1 aromatic carbocycles. The summed E-state index contributed by atoms with van der Waals surface area (Å²) in [6, 6.07) is 2.87. The zero-order chi connectivity index (χ0) is 17.0. The Kier molecular flexibility index (Phi) is 7.59. The SMILES string of the molecule is CCCN(C1CCNC1)S(=O)(=O)c1cc(F)ccc1C(=O)OC.Cl. The molecule has 0 spiro atoms. The molecule has 1 atom stereocenters. The van der Waals surface area contributed by atoms with Crippen LogP contribution in [0.4, 0.5) is 4.39 Å². The van der Waals surface area contributed by atoms with E-state index in [4.69, 9.17) is 0 Å². The van der Waals surface area contributed by atoms with E-state index in [1.165, 1.54) is 4.31 Å². The summed E-state index contributed by atoms with van der Waals surface area (Å²) in [5.74, 6) is -1.51. The van der Waals surface area contributed by atoms with Gasteiger partial charge in [-0.1, -0.05) is 6.92 Å². The van der Waals surface area contributed by atoms with Crippen molar-refractivity contribution in [2.75, 3.05) is 26.7 Å². The maximum absolute atomic E-state index is 13.6. The molecule has 6 nitrogen and oxygen atoms in total. The molecule has 1 unspecified atom stereocenters. The Hall–Kier alpha value is -1.22. The molecule has 0 bridgehead atoms. The molecule has 1 saturated heterocycles. The van der Waals surface area contributed by atoms with Crippen LogP contribution >= 0.6 is 12.4 Å². The third-order valence-electron chi connectivity index (χ3n) is 3.82. The summed E-state index contributed by atoms with van der Waals surface area (Å²) in [5, 5.41) is 3.12. The molecule has 1 N–H and O–H groups in total. The van der Waals surface area contributed by atoms with E-state index in [9.17, 15) is 17.6 Å². The lowest BCUT2D eigenvalue weighted by molar-refractivity contribution is 0.0596. The van der Waals surface area contributed by atoms with Crippen molar-refractivity contribution < 1.29 is 22.3 Å². The third kappa shape index (κ3) is 4.24. The first-order valence-corrected chi connectivity index (χ1v) is 8.96. The number of nitrogens with zero attached hydrogens (tertiary/aromatic N) is 1. The molecule has 1 heterocycles. The first kappa shape index (κ1) is 20.8. The molecule has 136 valence electrons. The maximum Gasteiger partial charge on any atom is 0.339 e. The first-order chi connectivity index (χ1) is 10.9. The third-order valence-corrected chi connectivity index (χ3v) is 5.81. The molecule has 0 aromatic heterocycles. The summed E-state index contributed by atoms with van der Waals surface area (Å²) in [5.41, 5.74) is -0.152. The fourth-order valence-electron chi connectivity index (χ4n) is 2.72. The molecule has 1 fully saturated rings. The van der Waals surface area contributed by atoms with Gasteiger partial charge in [-0.25, -0.2) is 17.6 Å². The molecule has 0 aliphatic carbocycles. The number of carbonyl (C=O) groups is 1. The predicted octanol–water partition coefficient (Wildman–Crippen LogP) is 1.80. The molecule has 1 aliphatic heterocycles. The fourth-order valence-corrected chi connectivity index (χ4v) is 4.66. The molecular formula is C15H22ClFN2O4S. The highest BCUT2D eigenvalue weighted by Gasteiger charge is 2.35. The molecule has 1 aliphatic rings. The van der Waals surface area contributed by atoms with E-state index in [2.05, 4.69) is 10.1 Å². The molecule has 0 saturated carbocycles. The highest BCUT2D eigenvalue weighted by Crippen LogP contribution is 2.26. The second kappa shape index (κ2) is 8.75. The van der Waals surface area contributed by atoms with Gasteiger partial charge in [0.05, 0.1) is 17.6 Å². The van der Waals surface area contributed by atoms with Gasteiger partial charge in [0.15, 0.2) is 0 Å². The van der Waals surface area contributed by atoms with Gasteiger partial charge in [0.2, 0.25) is 10.0 Å². The predicted molar refractivity (Wildman–Crippen MR) is 90.4 cm³/mol. The Bertz CT molecular complexity index is 678. The lowest BCUT2D eigenvalue weighted by atomic mass is 10.2. The lowest BCUT2D eigenvalue weighted by Gasteiger charge is -2.28. The quantitative estimate of drug-likeness (QED) is 0.761. The van der Waals surface area contributed by atoms with Crippen molar-refractivity contribution in [1.82, 2.24) is 9.62 Å². The Labute approximate surface area is 147 Å². The van der Waals surface area contributed by atoms with Crippen LogP contribution in [0.15, 0.2) is 23.1 Å². The van der Waals surface area contributed by atoms with Crippen molar-refractivity contribution in [3.63, 3.8) is 0 Å². The number of hydrogen-bond acceptors (Lipinski definition) is 5. The van der Waals surface area contributed by atoms with Gasteiger partial charge in [-0.3, -0.25) is 0 Å². The van der Waals surface area contributed by atoms with Crippen LogP contribution in [-0.2, 0) is 14.8 Å². The number of ether oxygens (including phenoxy) is 1. The van der Waals surface area contributed by atoms with Crippen LogP contribution in [0.5, 0.6) is 0 Å². The van der Waals surface area contributed by atoms with E-state index in [0.29, 0.717) is 25.9 Å². The summed E-state index contributed by atoms with van der Waals surface area (Å²) >= 11 is 0. The number of methoxy groups -OCH3 is 1. The average molecular weight is 381 g/mol. The van der Waals surface area contributed by atoms with Crippen LogP contribution < -0.4 is 5.32 Å². The van der Waals surface area contributed by atoms with E-state index in [0.717, 1.165) is 31.9 Å². The van der Waals surface area contributed by atoms with Crippen LogP contribution in [0.2, 0.25) is 0 Å². The second-order valence-electron chi connectivity index (χ2n) is 5.39. The topological polar surface area (TPSA) is 75.7 Å². The van der Waals surface area contributed by atoms with Gasteiger partial charge in [0.25, 0.3) is 0 Å². The van der Waals surface area contributed by atoms with Crippen molar-refractivity contribution in [1.29, 1.82) is 0 Å². The van der Waals surface area contributed by atoms with E-state index >= 15 is 0 Å². The minimum Gasteiger partial charge on any atom is -0.465 e. The average Bonchev–Trinajstić information content (AvgIpc) is 3.05. The number of benzene rings is 1. The Morgan fingerprint density at radius 2 is 2.17 bits per heavy atom. The molecule has 0 amide bonds. The van der Waals surface area contributed by atoms with Gasteiger partial charge < -0.3 is 10.1 Å². The Morgan fingerprint density at radius 3 is 2.71 bits per heavy atom. The molecule has 1 aromatic rings. The van der Waals surface area contributed by atoms with E-state index < -0.39 is 21.8 Å². The largest absolute Gasteiger partial charge is 0.465 e. The van der Waals surface area contributed by atoms with Gasteiger partial charge in [0.1, 0.15) is 5.82 Å². The molecule has 9 heteroatoms. The summed E-state index contributed by atoms with van der Waals surface area (Å²) in [7, 11) is -2.84. The van der Waals surface area contributed by atoms with Gasteiger partial charge in [-0.2, -0.15) is 4.31 Å². The number of sulfonamides is 1. The van der Waals surface area contributed by atoms with Gasteiger partial charge in [-0.15, -0.1) is 12.4 Å². The van der Waals surface area contributed by atoms with Crippen molar-refractivity contribution in [3.05, 3.63) is 29.6 Å². The smallest absolute Gasteiger partial charge is 0.339 e. The van der Waals surface area contributed by atoms with E-state index in [1.54, 1.807) is 0 Å². The number of esters is 1. The van der Waals surface area contributed by atoms with Gasteiger partial charge in [0, 0.05) is 19.1 Å². The summed E-state index contributed by atoms with van der Waals surface area (Å²) < 4.78 is 45.7. The standard InChI is InChI=1S/C15H21FN2O4S.ClH/c1-3-8-18(12-6-7-17-10-12)23(20,21)14-9-11(16)4-5-13(14)15(19)22-2;/h4-5,9,12,17H,3,6-8,10H2,1-2H3;1H. The van der Waals surface area contributed by atoms with Crippen LogP contribution in [0.25, 0.3) is 0 Å². The van der Waals surface area contributed by atoms with Crippen LogP contribution in [0.1, 0.15) is 30.1 Å². The number of nitrogens with one attached hydrogen (secondary N) is 1. The van der Waals surface area contributed by atoms with Crippen LogP contribution in [0.3, 0.4) is 0 Å². The Balaban J connectivity index is 0.00000288. The number of halogens is 2. The molecular weight excluding hydrogens is 359 g/mol. The van der Waals surface area contributed by atoms with Crippen LogP contribution in [0, 0.1) is 5.82 Å². The van der Waals surface area contributed by atoms with Crippen molar-refractivity contribution in [3.8, 4) is 0 Å². The molecule has 2 rings (SSSR count). The monoisotopic (exact) mass is 380 g/mol. The maximum atomic E-state index is 13.6. The number of carbonyl (C=O) groups excluding carboxylic acids is 1. The highest BCUT2D eigenvalue weighted by atomic mass is 35.5. The van der Waals surface area contributed by atoms with Crippen molar-refractivity contribution in [2.45, 2.75) is 30.7 Å². The molecule has 24 heavy (non-hydrogen) atoms. The lowest BCUT2D eigenvalue weighted by Crippen LogP contribution is -2.42. The summed E-state index contributed by atoms with van der Waals surface area (Å²) in [6.45, 7) is 3.46. The van der Waals surface area contributed by atoms with Crippen molar-refractivity contribution >= 4 is 28.4 Å².